The maximum Gasteiger partial charge on any atom is 0.251 e. The highest BCUT2D eigenvalue weighted by atomic mass is 35.5. The van der Waals surface area contributed by atoms with E-state index in [1.165, 1.54) is 0 Å². The summed E-state index contributed by atoms with van der Waals surface area (Å²) < 4.78 is 1.91. The van der Waals surface area contributed by atoms with Crippen LogP contribution in [0.2, 0.25) is 5.02 Å². The number of hydrogen-bond acceptors (Lipinski definition) is 3. The molecule has 0 atom stereocenters. The average molecular weight is 413 g/mol. The second-order valence-corrected chi connectivity index (χ2v) is 8.35. The van der Waals surface area contributed by atoms with Gasteiger partial charge in [0.2, 0.25) is 5.91 Å². The van der Waals surface area contributed by atoms with Crippen LogP contribution < -0.4 is 10.6 Å². The minimum absolute atomic E-state index is 0.0768. The van der Waals surface area contributed by atoms with Gasteiger partial charge in [0.25, 0.3) is 5.91 Å². The molecule has 0 aliphatic heterocycles. The van der Waals surface area contributed by atoms with Crippen LogP contribution >= 0.6 is 11.6 Å². The van der Waals surface area contributed by atoms with Crippen molar-refractivity contribution in [1.82, 2.24) is 20.2 Å². The van der Waals surface area contributed by atoms with E-state index >= 15 is 0 Å². The number of carbonyl (C=O) groups excluding carboxylic acids is 2. The van der Waals surface area contributed by atoms with Crippen molar-refractivity contribution in [3.63, 3.8) is 0 Å². The van der Waals surface area contributed by atoms with Crippen molar-refractivity contribution in [1.29, 1.82) is 0 Å². The lowest BCUT2D eigenvalue weighted by Crippen LogP contribution is -2.42. The van der Waals surface area contributed by atoms with Crippen molar-refractivity contribution in [3.05, 3.63) is 64.9 Å². The normalized spacial score (nSPS) is 11.4. The first kappa shape index (κ1) is 20.9. The van der Waals surface area contributed by atoms with Crippen LogP contribution in [0.1, 0.15) is 37.0 Å². The van der Waals surface area contributed by atoms with Crippen molar-refractivity contribution < 1.29 is 9.59 Å². The van der Waals surface area contributed by atoms with E-state index in [2.05, 4.69) is 15.6 Å². The Labute approximate surface area is 175 Å². The van der Waals surface area contributed by atoms with Gasteiger partial charge in [0.15, 0.2) is 0 Å². The smallest absolute Gasteiger partial charge is 0.251 e. The molecule has 0 unspecified atom stereocenters. The van der Waals surface area contributed by atoms with Gasteiger partial charge in [-0.3, -0.25) is 9.59 Å². The number of carbonyl (C=O) groups is 2. The molecule has 7 heteroatoms. The number of halogens is 1. The third-order valence-electron chi connectivity index (χ3n) is 4.29. The van der Waals surface area contributed by atoms with Crippen LogP contribution in [0.3, 0.4) is 0 Å². The maximum absolute atomic E-state index is 12.5. The largest absolute Gasteiger partial charge is 0.352 e. The highest BCUT2D eigenvalue weighted by Crippen LogP contribution is 2.17. The van der Waals surface area contributed by atoms with E-state index < -0.39 is 0 Å². The van der Waals surface area contributed by atoms with Gasteiger partial charge in [0.1, 0.15) is 12.4 Å². The summed E-state index contributed by atoms with van der Waals surface area (Å²) in [5, 5.41) is 6.46. The summed E-state index contributed by atoms with van der Waals surface area (Å²) in [4.78, 5) is 29.4. The van der Waals surface area contributed by atoms with Gasteiger partial charge in [0.05, 0.1) is 11.0 Å². The van der Waals surface area contributed by atoms with Gasteiger partial charge in [-0.05, 0) is 57.2 Å². The highest BCUT2D eigenvalue weighted by Gasteiger charge is 2.18. The molecule has 3 aromatic rings. The second kappa shape index (κ2) is 8.66. The molecular formula is C22H25ClN4O2. The van der Waals surface area contributed by atoms with E-state index in [4.69, 9.17) is 11.6 Å². The fraction of sp³-hybridized carbons (Fsp3) is 0.318. The van der Waals surface area contributed by atoms with Gasteiger partial charge in [-0.2, -0.15) is 0 Å². The van der Waals surface area contributed by atoms with Gasteiger partial charge in [0, 0.05) is 29.1 Å². The van der Waals surface area contributed by atoms with Crippen LogP contribution in [0.5, 0.6) is 0 Å². The lowest BCUT2D eigenvalue weighted by atomic mass is 10.1. The van der Waals surface area contributed by atoms with Crippen molar-refractivity contribution in [2.45, 2.75) is 39.3 Å². The Bertz CT molecular complexity index is 1020. The quantitative estimate of drug-likeness (QED) is 0.649. The molecule has 0 aliphatic carbocycles. The van der Waals surface area contributed by atoms with Crippen LogP contribution in [0, 0.1) is 0 Å². The van der Waals surface area contributed by atoms with Crippen molar-refractivity contribution >= 4 is 34.4 Å². The Balaban J connectivity index is 1.72. The van der Waals surface area contributed by atoms with E-state index in [-0.39, 0.29) is 23.9 Å². The summed E-state index contributed by atoms with van der Waals surface area (Å²) in [5.74, 6) is 0.508. The topological polar surface area (TPSA) is 76.0 Å². The number of nitrogens with one attached hydrogen (secondary N) is 2. The number of benzene rings is 2. The van der Waals surface area contributed by atoms with Crippen LogP contribution in [-0.4, -0.2) is 33.4 Å². The molecule has 0 bridgehead atoms. The summed E-state index contributed by atoms with van der Waals surface area (Å²) >= 11 is 5.86. The average Bonchev–Trinajstić information content (AvgIpc) is 2.98. The number of nitrogens with zero attached hydrogens (tertiary/aromatic N) is 2. The molecule has 0 fully saturated rings. The molecule has 3 rings (SSSR count). The molecule has 152 valence electrons. The third kappa shape index (κ3) is 5.57. The SMILES string of the molecule is CC(C)(C)NC(=O)Cn1c(CCNC(=O)c2ccc(Cl)cc2)nc2ccccc21. The number of amides is 2. The summed E-state index contributed by atoms with van der Waals surface area (Å²) in [6, 6.07) is 14.4. The molecule has 0 spiro atoms. The summed E-state index contributed by atoms with van der Waals surface area (Å²) in [7, 11) is 0. The third-order valence-corrected chi connectivity index (χ3v) is 4.54. The van der Waals surface area contributed by atoms with E-state index in [9.17, 15) is 9.59 Å². The number of hydrogen-bond donors (Lipinski definition) is 2. The van der Waals surface area contributed by atoms with Crippen LogP contribution in [0.25, 0.3) is 11.0 Å². The zero-order chi connectivity index (χ0) is 21.0. The number of para-hydroxylation sites is 2. The standard InChI is InChI=1S/C22H25ClN4O2/c1-22(2,3)26-20(28)14-27-18-7-5-4-6-17(18)25-19(27)12-13-24-21(29)15-8-10-16(23)11-9-15/h4-11H,12-14H2,1-3H3,(H,24,29)(H,26,28). The Morgan fingerprint density at radius 3 is 2.45 bits per heavy atom. The molecular weight excluding hydrogens is 388 g/mol. The van der Waals surface area contributed by atoms with Gasteiger partial charge < -0.3 is 15.2 Å². The lowest BCUT2D eigenvalue weighted by molar-refractivity contribution is -0.123. The minimum atomic E-state index is -0.305. The predicted molar refractivity (Wildman–Crippen MR) is 115 cm³/mol. The molecule has 2 aromatic carbocycles. The maximum atomic E-state index is 12.5. The van der Waals surface area contributed by atoms with Crippen LogP contribution in [0.15, 0.2) is 48.5 Å². The van der Waals surface area contributed by atoms with Gasteiger partial charge in [-0.25, -0.2) is 4.98 Å². The molecule has 1 aromatic heterocycles. The lowest BCUT2D eigenvalue weighted by Gasteiger charge is -2.21. The highest BCUT2D eigenvalue weighted by molar-refractivity contribution is 6.30. The van der Waals surface area contributed by atoms with E-state index in [0.717, 1.165) is 16.9 Å². The monoisotopic (exact) mass is 412 g/mol. The zero-order valence-electron chi connectivity index (χ0n) is 16.8. The summed E-state index contributed by atoms with van der Waals surface area (Å²) in [6.45, 7) is 6.43. The fourth-order valence-corrected chi connectivity index (χ4v) is 3.21. The molecule has 2 amide bonds. The van der Waals surface area contributed by atoms with Crippen LogP contribution in [0.4, 0.5) is 0 Å². The summed E-state index contributed by atoms with van der Waals surface area (Å²) in [6.07, 6.45) is 0.511. The number of imidazole rings is 1. The first-order valence-electron chi connectivity index (χ1n) is 9.52. The molecule has 0 radical (unpaired) electrons. The summed E-state index contributed by atoms with van der Waals surface area (Å²) in [5.41, 5.74) is 1.97. The first-order chi connectivity index (χ1) is 13.7. The fourth-order valence-electron chi connectivity index (χ4n) is 3.09. The van der Waals surface area contributed by atoms with Gasteiger partial charge in [-0.15, -0.1) is 0 Å². The van der Waals surface area contributed by atoms with Crippen molar-refractivity contribution in [2.24, 2.45) is 0 Å². The molecule has 29 heavy (non-hydrogen) atoms. The number of rotatable bonds is 6. The Morgan fingerprint density at radius 2 is 1.76 bits per heavy atom. The molecule has 2 N–H and O–H groups in total. The van der Waals surface area contributed by atoms with Crippen molar-refractivity contribution in [2.75, 3.05) is 6.54 Å². The number of aromatic nitrogens is 2. The second-order valence-electron chi connectivity index (χ2n) is 7.91. The van der Waals surface area contributed by atoms with E-state index in [1.807, 2.05) is 49.6 Å². The molecule has 0 aliphatic rings. The van der Waals surface area contributed by atoms with Gasteiger partial charge in [-0.1, -0.05) is 23.7 Å². The Morgan fingerprint density at radius 1 is 1.07 bits per heavy atom. The molecule has 0 saturated heterocycles. The molecule has 6 nitrogen and oxygen atoms in total. The Hall–Kier alpha value is -2.86. The van der Waals surface area contributed by atoms with Gasteiger partial charge >= 0.3 is 0 Å². The van der Waals surface area contributed by atoms with E-state index in [1.54, 1.807) is 24.3 Å². The molecule has 1 heterocycles. The minimum Gasteiger partial charge on any atom is -0.352 e. The number of fused-ring (bicyclic) bond motifs is 1. The van der Waals surface area contributed by atoms with E-state index in [0.29, 0.717) is 23.6 Å². The molecule has 0 saturated carbocycles. The van der Waals surface area contributed by atoms with Crippen molar-refractivity contribution in [3.8, 4) is 0 Å². The van der Waals surface area contributed by atoms with Crippen LogP contribution in [-0.2, 0) is 17.8 Å². The first-order valence-corrected chi connectivity index (χ1v) is 9.90. The zero-order valence-corrected chi connectivity index (χ0v) is 17.6. The predicted octanol–water partition coefficient (Wildman–Crippen LogP) is 3.58. The Kier molecular flexibility index (Phi) is 6.23.